The average molecular weight is 332 g/mol. The van der Waals surface area contributed by atoms with Crippen molar-refractivity contribution in [1.29, 1.82) is 0 Å². The molecule has 0 aromatic heterocycles. The Morgan fingerprint density at radius 2 is 2.42 bits per heavy atom. The highest BCUT2D eigenvalue weighted by Crippen LogP contribution is 2.22. The van der Waals surface area contributed by atoms with Gasteiger partial charge >= 0.3 is 5.97 Å². The number of benzene rings is 1. The average Bonchev–Trinajstić information content (AvgIpc) is 2.84. The number of carbonyl (C=O) groups is 1. The van der Waals surface area contributed by atoms with Crippen molar-refractivity contribution in [1.82, 2.24) is 5.32 Å². The maximum Gasteiger partial charge on any atom is 0.325 e. The molecule has 0 spiro atoms. The molecule has 1 aromatic carbocycles. The van der Waals surface area contributed by atoms with Gasteiger partial charge < -0.3 is 9.84 Å². The van der Waals surface area contributed by atoms with Gasteiger partial charge in [-0.05, 0) is 25.0 Å². The van der Waals surface area contributed by atoms with E-state index in [1.807, 2.05) is 0 Å². The number of hydrogen-bond donors (Lipinski definition) is 2. The lowest BCUT2D eigenvalue weighted by Crippen LogP contribution is -2.35. The highest BCUT2D eigenvalue weighted by atomic mass is 79.9. The fourth-order valence-corrected chi connectivity index (χ4v) is 2.45. The Labute approximate surface area is 119 Å². The third kappa shape index (κ3) is 3.75. The highest BCUT2D eigenvalue weighted by molar-refractivity contribution is 9.10. The van der Waals surface area contributed by atoms with E-state index in [0.717, 1.165) is 12.8 Å². The molecule has 0 aliphatic carbocycles. The van der Waals surface area contributed by atoms with E-state index in [1.165, 1.54) is 12.1 Å². The zero-order chi connectivity index (χ0) is 13.8. The van der Waals surface area contributed by atoms with E-state index in [0.29, 0.717) is 17.6 Å². The molecular weight excluding hydrogens is 317 g/mol. The van der Waals surface area contributed by atoms with Gasteiger partial charge in [0.2, 0.25) is 0 Å². The van der Waals surface area contributed by atoms with Crippen LogP contribution in [-0.4, -0.2) is 30.3 Å². The summed E-state index contributed by atoms with van der Waals surface area (Å²) in [5.41, 5.74) is 0.133. The van der Waals surface area contributed by atoms with Gasteiger partial charge in [0.05, 0.1) is 6.10 Å². The van der Waals surface area contributed by atoms with Crippen molar-refractivity contribution in [2.45, 2.75) is 25.0 Å². The molecule has 4 nitrogen and oxygen atoms in total. The van der Waals surface area contributed by atoms with Gasteiger partial charge in [-0.25, -0.2) is 4.39 Å². The van der Waals surface area contributed by atoms with Crippen LogP contribution in [0.2, 0.25) is 0 Å². The van der Waals surface area contributed by atoms with E-state index in [4.69, 9.17) is 4.74 Å². The van der Waals surface area contributed by atoms with Crippen molar-refractivity contribution >= 4 is 21.9 Å². The number of halogens is 2. The van der Waals surface area contributed by atoms with Crippen LogP contribution in [0.25, 0.3) is 0 Å². The number of ether oxygens (including phenoxy) is 1. The molecular formula is C13H15BrFNO3. The SMILES string of the molecule is O=C(O)C(NCC1CCCO1)c1ccc(Br)cc1F. The minimum absolute atomic E-state index is 0.0142. The third-order valence-corrected chi connectivity index (χ3v) is 3.59. The summed E-state index contributed by atoms with van der Waals surface area (Å²) >= 11 is 3.15. The first-order valence-corrected chi connectivity index (χ1v) is 6.90. The van der Waals surface area contributed by atoms with Gasteiger partial charge in [-0.2, -0.15) is 0 Å². The molecule has 19 heavy (non-hydrogen) atoms. The van der Waals surface area contributed by atoms with Crippen molar-refractivity contribution in [2.75, 3.05) is 13.2 Å². The fourth-order valence-electron chi connectivity index (χ4n) is 2.12. The Morgan fingerprint density at radius 1 is 1.63 bits per heavy atom. The van der Waals surface area contributed by atoms with Crippen LogP contribution in [0, 0.1) is 5.82 Å². The lowest BCUT2D eigenvalue weighted by atomic mass is 10.1. The second kappa shape index (κ2) is 6.45. The molecule has 6 heteroatoms. The van der Waals surface area contributed by atoms with Gasteiger partial charge in [-0.15, -0.1) is 0 Å². The van der Waals surface area contributed by atoms with E-state index in [-0.39, 0.29) is 11.7 Å². The summed E-state index contributed by atoms with van der Waals surface area (Å²) in [6.45, 7) is 1.11. The van der Waals surface area contributed by atoms with Gasteiger partial charge in [-0.3, -0.25) is 10.1 Å². The monoisotopic (exact) mass is 331 g/mol. The summed E-state index contributed by atoms with van der Waals surface area (Å²) in [6, 6.07) is 3.30. The topological polar surface area (TPSA) is 58.6 Å². The molecule has 0 radical (unpaired) electrons. The van der Waals surface area contributed by atoms with Crippen LogP contribution in [0.15, 0.2) is 22.7 Å². The Morgan fingerprint density at radius 3 is 3.00 bits per heavy atom. The van der Waals surface area contributed by atoms with Gasteiger partial charge in [0.15, 0.2) is 0 Å². The molecule has 2 N–H and O–H groups in total. The van der Waals surface area contributed by atoms with Crippen LogP contribution in [0.5, 0.6) is 0 Å². The van der Waals surface area contributed by atoms with E-state index >= 15 is 0 Å². The second-order valence-electron chi connectivity index (χ2n) is 4.48. The van der Waals surface area contributed by atoms with Crippen molar-refractivity contribution in [2.24, 2.45) is 0 Å². The molecule has 1 aliphatic heterocycles. The summed E-state index contributed by atoms with van der Waals surface area (Å²) < 4.78 is 19.8. The molecule has 2 unspecified atom stereocenters. The number of nitrogens with one attached hydrogen (secondary N) is 1. The number of carboxylic acid groups (broad SMARTS) is 1. The Balaban J connectivity index is 2.08. The predicted octanol–water partition coefficient (Wildman–Crippen LogP) is 2.48. The zero-order valence-corrected chi connectivity index (χ0v) is 11.8. The Bertz CT molecular complexity index is 463. The van der Waals surface area contributed by atoms with E-state index in [9.17, 15) is 14.3 Å². The van der Waals surface area contributed by atoms with Crippen LogP contribution in [0.1, 0.15) is 24.4 Å². The van der Waals surface area contributed by atoms with Gasteiger partial charge in [-0.1, -0.05) is 22.0 Å². The first-order valence-electron chi connectivity index (χ1n) is 6.10. The standard InChI is InChI=1S/C13H15BrFNO3/c14-8-3-4-10(11(15)6-8)12(13(17)18)16-7-9-2-1-5-19-9/h3-4,6,9,12,16H,1-2,5,7H2,(H,17,18). The summed E-state index contributed by atoms with van der Waals surface area (Å²) in [7, 11) is 0. The highest BCUT2D eigenvalue weighted by Gasteiger charge is 2.25. The van der Waals surface area contributed by atoms with Crippen molar-refractivity contribution < 1.29 is 19.0 Å². The molecule has 1 aliphatic rings. The maximum atomic E-state index is 13.8. The minimum atomic E-state index is -1.10. The van der Waals surface area contributed by atoms with E-state index in [1.54, 1.807) is 6.07 Å². The van der Waals surface area contributed by atoms with Crippen LogP contribution in [0.4, 0.5) is 4.39 Å². The molecule has 0 amide bonds. The summed E-state index contributed by atoms with van der Waals surface area (Å²) in [5, 5.41) is 12.1. The molecule has 0 saturated carbocycles. The summed E-state index contributed by atoms with van der Waals surface area (Å²) in [4.78, 5) is 11.3. The van der Waals surface area contributed by atoms with Gasteiger partial charge in [0.25, 0.3) is 0 Å². The number of carboxylic acids is 1. The molecule has 104 valence electrons. The van der Waals surface area contributed by atoms with Gasteiger partial charge in [0, 0.05) is 23.2 Å². The van der Waals surface area contributed by atoms with E-state index in [2.05, 4.69) is 21.2 Å². The Hall–Kier alpha value is -0.980. The molecule has 2 atom stereocenters. The largest absolute Gasteiger partial charge is 0.480 e. The van der Waals surface area contributed by atoms with Crippen LogP contribution in [0.3, 0.4) is 0 Å². The first kappa shape index (κ1) is 14.4. The summed E-state index contributed by atoms with van der Waals surface area (Å²) in [6.07, 6.45) is 1.90. The molecule has 1 heterocycles. The molecule has 0 bridgehead atoms. The predicted molar refractivity (Wildman–Crippen MR) is 71.5 cm³/mol. The lowest BCUT2D eigenvalue weighted by molar-refractivity contribution is -0.139. The van der Waals surface area contributed by atoms with Gasteiger partial charge in [0.1, 0.15) is 11.9 Å². The molecule has 1 aromatic rings. The van der Waals surface area contributed by atoms with Crippen molar-refractivity contribution in [3.8, 4) is 0 Å². The molecule has 1 fully saturated rings. The van der Waals surface area contributed by atoms with Crippen LogP contribution < -0.4 is 5.32 Å². The van der Waals surface area contributed by atoms with Crippen LogP contribution in [-0.2, 0) is 9.53 Å². The number of aliphatic carboxylic acids is 1. The fraction of sp³-hybridized carbons (Fsp3) is 0.462. The van der Waals surface area contributed by atoms with Crippen LogP contribution >= 0.6 is 15.9 Å². The zero-order valence-electron chi connectivity index (χ0n) is 10.2. The lowest BCUT2D eigenvalue weighted by Gasteiger charge is -2.18. The second-order valence-corrected chi connectivity index (χ2v) is 5.40. The molecule has 1 saturated heterocycles. The first-order chi connectivity index (χ1) is 9.08. The van der Waals surface area contributed by atoms with Crippen molar-refractivity contribution in [3.05, 3.63) is 34.1 Å². The smallest absolute Gasteiger partial charge is 0.325 e. The maximum absolute atomic E-state index is 13.8. The number of rotatable bonds is 5. The normalized spacial score (nSPS) is 20.4. The van der Waals surface area contributed by atoms with E-state index < -0.39 is 17.8 Å². The Kier molecular flexibility index (Phi) is 4.90. The summed E-state index contributed by atoms with van der Waals surface area (Å²) in [5.74, 6) is -1.64. The molecule has 2 rings (SSSR count). The number of hydrogen-bond acceptors (Lipinski definition) is 3. The third-order valence-electron chi connectivity index (χ3n) is 3.09. The van der Waals surface area contributed by atoms with Crippen molar-refractivity contribution in [3.63, 3.8) is 0 Å². The quantitative estimate of drug-likeness (QED) is 0.870. The minimum Gasteiger partial charge on any atom is -0.480 e.